The molecule has 0 spiro atoms. The van der Waals surface area contributed by atoms with Crippen LogP contribution in [0, 0.1) is 6.92 Å². The van der Waals surface area contributed by atoms with Gasteiger partial charge in [0, 0.05) is 12.2 Å². The van der Waals surface area contributed by atoms with Crippen LogP contribution in [0.2, 0.25) is 5.02 Å². The van der Waals surface area contributed by atoms with Crippen LogP contribution in [0.5, 0.6) is 0 Å². The lowest BCUT2D eigenvalue weighted by Gasteiger charge is -2.25. The van der Waals surface area contributed by atoms with E-state index in [4.69, 9.17) is 17.4 Å². The highest BCUT2D eigenvalue weighted by atomic mass is 35.5. The molecule has 5 heteroatoms. The smallest absolute Gasteiger partial charge is 0.140 e. The molecule has 106 valence electrons. The summed E-state index contributed by atoms with van der Waals surface area (Å²) in [7, 11) is 0. The van der Waals surface area contributed by atoms with Gasteiger partial charge in [-0.1, -0.05) is 29.8 Å². The molecule has 1 heterocycles. The first-order chi connectivity index (χ1) is 9.65. The standard InChI is InChI=1S/C15H19ClN4/c1-3-20(14-7-5-4-6-11(14)2)10-13-12(16)8-9-15(18-13)19-17/h4-9H,3,10,17H2,1-2H3,(H,18,19). The van der Waals surface area contributed by atoms with Crippen LogP contribution in [0.1, 0.15) is 18.2 Å². The Labute approximate surface area is 124 Å². The molecule has 0 aliphatic heterocycles. The number of anilines is 2. The van der Waals surface area contributed by atoms with E-state index in [9.17, 15) is 0 Å². The summed E-state index contributed by atoms with van der Waals surface area (Å²) >= 11 is 6.22. The Hall–Kier alpha value is -1.78. The van der Waals surface area contributed by atoms with Crippen molar-refractivity contribution in [3.63, 3.8) is 0 Å². The van der Waals surface area contributed by atoms with E-state index in [1.54, 1.807) is 6.07 Å². The first kappa shape index (κ1) is 14.6. The number of nitrogen functional groups attached to an aromatic ring is 1. The molecule has 4 nitrogen and oxygen atoms in total. The summed E-state index contributed by atoms with van der Waals surface area (Å²) in [5.74, 6) is 6.01. The topological polar surface area (TPSA) is 54.2 Å². The fourth-order valence-electron chi connectivity index (χ4n) is 2.14. The number of nitrogens with two attached hydrogens (primary N) is 1. The predicted molar refractivity (Wildman–Crippen MR) is 85.0 cm³/mol. The van der Waals surface area contributed by atoms with Crippen molar-refractivity contribution in [1.29, 1.82) is 0 Å². The van der Waals surface area contributed by atoms with Gasteiger partial charge in [-0.15, -0.1) is 0 Å². The van der Waals surface area contributed by atoms with Crippen molar-refractivity contribution in [2.75, 3.05) is 16.9 Å². The van der Waals surface area contributed by atoms with E-state index in [1.165, 1.54) is 11.3 Å². The van der Waals surface area contributed by atoms with E-state index < -0.39 is 0 Å². The lowest BCUT2D eigenvalue weighted by molar-refractivity contribution is 0.807. The Balaban J connectivity index is 2.29. The molecule has 20 heavy (non-hydrogen) atoms. The molecule has 1 aromatic heterocycles. The summed E-state index contributed by atoms with van der Waals surface area (Å²) in [6.07, 6.45) is 0. The fraction of sp³-hybridized carbons (Fsp3) is 0.267. The number of hydrazine groups is 1. The number of nitrogens with one attached hydrogen (secondary N) is 1. The Morgan fingerprint density at radius 1 is 1.25 bits per heavy atom. The van der Waals surface area contributed by atoms with Crippen LogP contribution in [0.25, 0.3) is 0 Å². The molecule has 0 atom stereocenters. The third-order valence-electron chi connectivity index (χ3n) is 3.24. The van der Waals surface area contributed by atoms with Gasteiger partial charge < -0.3 is 10.3 Å². The minimum atomic E-state index is 0.616. The van der Waals surface area contributed by atoms with Crippen molar-refractivity contribution in [2.24, 2.45) is 5.84 Å². The van der Waals surface area contributed by atoms with Gasteiger partial charge in [-0.2, -0.15) is 0 Å². The summed E-state index contributed by atoms with van der Waals surface area (Å²) in [5, 5.41) is 0.649. The quantitative estimate of drug-likeness (QED) is 0.655. The highest BCUT2D eigenvalue weighted by Gasteiger charge is 2.11. The second kappa shape index (κ2) is 6.59. The molecule has 0 saturated heterocycles. The molecule has 1 aromatic carbocycles. The molecule has 0 aliphatic carbocycles. The Bertz CT molecular complexity index is 586. The van der Waals surface area contributed by atoms with Crippen LogP contribution in [-0.4, -0.2) is 11.5 Å². The zero-order valence-electron chi connectivity index (χ0n) is 11.7. The van der Waals surface area contributed by atoms with Crippen LogP contribution >= 0.6 is 11.6 Å². The van der Waals surface area contributed by atoms with E-state index in [1.807, 2.05) is 18.2 Å². The minimum Gasteiger partial charge on any atom is -0.366 e. The molecule has 2 aromatic rings. The first-order valence-corrected chi connectivity index (χ1v) is 6.96. The molecule has 0 bridgehead atoms. The van der Waals surface area contributed by atoms with Crippen molar-refractivity contribution in [3.8, 4) is 0 Å². The van der Waals surface area contributed by atoms with Gasteiger partial charge in [-0.25, -0.2) is 10.8 Å². The second-order valence-electron chi connectivity index (χ2n) is 4.57. The third-order valence-corrected chi connectivity index (χ3v) is 3.59. The van der Waals surface area contributed by atoms with Crippen LogP contribution in [0.3, 0.4) is 0 Å². The number of halogens is 1. The molecular formula is C15H19ClN4. The van der Waals surface area contributed by atoms with E-state index in [0.717, 1.165) is 12.2 Å². The largest absolute Gasteiger partial charge is 0.366 e. The number of pyridine rings is 1. The zero-order valence-corrected chi connectivity index (χ0v) is 12.5. The molecule has 0 amide bonds. The number of nitrogens with zero attached hydrogens (tertiary/aromatic N) is 2. The molecule has 0 saturated carbocycles. The molecule has 0 aliphatic rings. The van der Waals surface area contributed by atoms with E-state index in [0.29, 0.717) is 17.4 Å². The fourth-order valence-corrected chi connectivity index (χ4v) is 2.31. The normalized spacial score (nSPS) is 10.4. The van der Waals surface area contributed by atoms with Crippen molar-refractivity contribution >= 4 is 23.1 Å². The van der Waals surface area contributed by atoms with Gasteiger partial charge in [0.05, 0.1) is 17.3 Å². The Kier molecular flexibility index (Phi) is 4.82. The van der Waals surface area contributed by atoms with Gasteiger partial charge in [-0.05, 0) is 37.6 Å². The van der Waals surface area contributed by atoms with Crippen molar-refractivity contribution < 1.29 is 0 Å². The van der Waals surface area contributed by atoms with Gasteiger partial charge in [-0.3, -0.25) is 0 Å². The van der Waals surface area contributed by atoms with Crippen LogP contribution < -0.4 is 16.2 Å². The van der Waals surface area contributed by atoms with Crippen molar-refractivity contribution in [3.05, 3.63) is 52.7 Å². The number of rotatable bonds is 5. The van der Waals surface area contributed by atoms with Crippen molar-refractivity contribution in [2.45, 2.75) is 20.4 Å². The molecule has 0 fully saturated rings. The maximum atomic E-state index is 6.22. The molecule has 0 radical (unpaired) electrons. The summed E-state index contributed by atoms with van der Waals surface area (Å²) < 4.78 is 0. The highest BCUT2D eigenvalue weighted by Crippen LogP contribution is 2.24. The molecule has 2 rings (SSSR count). The van der Waals surface area contributed by atoms with Crippen LogP contribution in [0.4, 0.5) is 11.5 Å². The number of hydrogen-bond acceptors (Lipinski definition) is 4. The number of aryl methyl sites for hydroxylation is 1. The lowest BCUT2D eigenvalue weighted by atomic mass is 10.1. The van der Waals surface area contributed by atoms with Gasteiger partial charge in [0.2, 0.25) is 0 Å². The Morgan fingerprint density at radius 2 is 2.00 bits per heavy atom. The number of hydrogen-bond donors (Lipinski definition) is 2. The highest BCUT2D eigenvalue weighted by molar-refractivity contribution is 6.31. The second-order valence-corrected chi connectivity index (χ2v) is 4.98. The average molecular weight is 291 g/mol. The maximum absolute atomic E-state index is 6.22. The maximum Gasteiger partial charge on any atom is 0.140 e. The zero-order chi connectivity index (χ0) is 14.5. The van der Waals surface area contributed by atoms with Gasteiger partial charge in [0.1, 0.15) is 5.82 Å². The number of aromatic nitrogens is 1. The molecule has 3 N–H and O–H groups in total. The molecule has 0 unspecified atom stereocenters. The predicted octanol–water partition coefficient (Wildman–Crippen LogP) is 3.36. The molecular weight excluding hydrogens is 272 g/mol. The monoisotopic (exact) mass is 290 g/mol. The summed E-state index contributed by atoms with van der Waals surface area (Å²) in [4.78, 5) is 6.66. The summed E-state index contributed by atoms with van der Waals surface area (Å²) in [5.41, 5.74) is 5.79. The van der Waals surface area contributed by atoms with E-state index in [2.05, 4.69) is 41.3 Å². The van der Waals surface area contributed by atoms with Crippen molar-refractivity contribution in [1.82, 2.24) is 4.98 Å². The third kappa shape index (κ3) is 3.21. The number of para-hydroxylation sites is 1. The minimum absolute atomic E-state index is 0.616. The van der Waals surface area contributed by atoms with Crippen LogP contribution in [-0.2, 0) is 6.54 Å². The van der Waals surface area contributed by atoms with Crippen LogP contribution in [0.15, 0.2) is 36.4 Å². The Morgan fingerprint density at radius 3 is 2.65 bits per heavy atom. The van der Waals surface area contributed by atoms with Gasteiger partial charge in [0.15, 0.2) is 0 Å². The lowest BCUT2D eigenvalue weighted by Crippen LogP contribution is -2.24. The van der Waals surface area contributed by atoms with Gasteiger partial charge >= 0.3 is 0 Å². The van der Waals surface area contributed by atoms with Gasteiger partial charge in [0.25, 0.3) is 0 Å². The SMILES string of the molecule is CCN(Cc1nc(NN)ccc1Cl)c1ccccc1C. The van der Waals surface area contributed by atoms with E-state index in [-0.39, 0.29) is 0 Å². The van der Waals surface area contributed by atoms with E-state index >= 15 is 0 Å². The summed E-state index contributed by atoms with van der Waals surface area (Å²) in [6, 6.07) is 11.9. The first-order valence-electron chi connectivity index (χ1n) is 6.58. The average Bonchev–Trinajstić information content (AvgIpc) is 2.47. The summed E-state index contributed by atoms with van der Waals surface area (Å²) in [6.45, 7) is 5.75. The number of benzene rings is 1.